The molecule has 72 valence electrons. The Morgan fingerprint density at radius 3 is 2.46 bits per heavy atom. The molecule has 2 N–H and O–H groups in total. The quantitative estimate of drug-likeness (QED) is 0.739. The molecule has 1 aromatic rings. The summed E-state index contributed by atoms with van der Waals surface area (Å²) in [6, 6.07) is 2.19. The van der Waals surface area contributed by atoms with E-state index in [1.54, 1.807) is 12.4 Å². The minimum absolute atomic E-state index is 0.381. The molecule has 1 rings (SSSR count). The summed E-state index contributed by atoms with van der Waals surface area (Å²) in [7, 11) is 0. The van der Waals surface area contributed by atoms with Gasteiger partial charge in [-0.15, -0.1) is 0 Å². The summed E-state index contributed by atoms with van der Waals surface area (Å²) in [4.78, 5) is 10.4. The maximum atomic E-state index is 5.51. The first-order chi connectivity index (χ1) is 6.25. The Kier molecular flexibility index (Phi) is 3.64. The normalized spacial score (nSPS) is 10.5. The zero-order chi connectivity index (χ0) is 9.68. The van der Waals surface area contributed by atoms with Crippen LogP contribution in [0.3, 0.4) is 0 Å². The van der Waals surface area contributed by atoms with E-state index < -0.39 is 0 Å². The number of hydrogen-bond acceptors (Lipinski definition) is 4. The third-order valence-corrected chi connectivity index (χ3v) is 1.80. The lowest BCUT2D eigenvalue weighted by Crippen LogP contribution is -2.36. The third kappa shape index (κ3) is 2.66. The number of anilines is 1. The van der Waals surface area contributed by atoms with E-state index in [0.29, 0.717) is 12.6 Å². The molecule has 1 heterocycles. The number of hydrogen-bond donors (Lipinski definition) is 1. The molecule has 0 fully saturated rings. The van der Waals surface area contributed by atoms with Crippen LogP contribution < -0.4 is 10.6 Å². The van der Waals surface area contributed by atoms with Crippen LogP contribution in [0.1, 0.15) is 13.8 Å². The molecule has 13 heavy (non-hydrogen) atoms. The molecule has 0 amide bonds. The molecule has 0 saturated carbocycles. The van der Waals surface area contributed by atoms with Crippen molar-refractivity contribution in [2.24, 2.45) is 5.73 Å². The predicted octanol–water partition coefficient (Wildman–Crippen LogP) is 0.650. The summed E-state index contributed by atoms with van der Waals surface area (Å²) in [6.45, 7) is 5.62. The van der Waals surface area contributed by atoms with Gasteiger partial charge in [-0.2, -0.15) is 0 Å². The van der Waals surface area contributed by atoms with E-state index in [0.717, 1.165) is 12.5 Å². The number of nitrogens with zero attached hydrogens (tertiary/aromatic N) is 3. The highest BCUT2D eigenvalue weighted by atomic mass is 15.3. The monoisotopic (exact) mass is 180 g/mol. The maximum Gasteiger partial charge on any atom is 0.225 e. The first kappa shape index (κ1) is 9.92. The lowest BCUT2D eigenvalue weighted by atomic mass is 10.3. The van der Waals surface area contributed by atoms with Crippen molar-refractivity contribution in [2.45, 2.75) is 19.9 Å². The number of nitrogens with two attached hydrogens (primary N) is 1. The Hall–Kier alpha value is -1.16. The average Bonchev–Trinajstić information content (AvgIpc) is 2.15. The summed E-state index contributed by atoms with van der Waals surface area (Å²) in [6.07, 6.45) is 3.49. The zero-order valence-corrected chi connectivity index (χ0v) is 8.14. The van der Waals surface area contributed by atoms with Gasteiger partial charge in [-0.05, 0) is 19.9 Å². The van der Waals surface area contributed by atoms with E-state index in [2.05, 4.69) is 28.7 Å². The van der Waals surface area contributed by atoms with Crippen LogP contribution >= 0.6 is 0 Å². The Morgan fingerprint density at radius 2 is 2.00 bits per heavy atom. The van der Waals surface area contributed by atoms with Crippen LogP contribution in [0.5, 0.6) is 0 Å². The second-order valence-corrected chi connectivity index (χ2v) is 3.12. The number of rotatable bonds is 4. The first-order valence-electron chi connectivity index (χ1n) is 4.49. The maximum absolute atomic E-state index is 5.51. The standard InChI is InChI=1S/C9H16N4/c1-8(2)13(7-4-10)9-11-5-3-6-12-9/h3,5-6,8H,4,7,10H2,1-2H3. The summed E-state index contributed by atoms with van der Waals surface area (Å²) < 4.78 is 0. The molecule has 0 atom stereocenters. The van der Waals surface area contributed by atoms with Gasteiger partial charge in [-0.25, -0.2) is 9.97 Å². The highest BCUT2D eigenvalue weighted by Crippen LogP contribution is 2.07. The van der Waals surface area contributed by atoms with E-state index >= 15 is 0 Å². The van der Waals surface area contributed by atoms with Crippen LogP contribution in [-0.2, 0) is 0 Å². The average molecular weight is 180 g/mol. The molecule has 0 aliphatic heterocycles. The van der Waals surface area contributed by atoms with Gasteiger partial charge in [0.2, 0.25) is 5.95 Å². The van der Waals surface area contributed by atoms with Crippen LogP contribution in [-0.4, -0.2) is 29.1 Å². The predicted molar refractivity (Wildman–Crippen MR) is 53.6 cm³/mol. The summed E-state index contributed by atoms with van der Waals surface area (Å²) in [5, 5.41) is 0. The smallest absolute Gasteiger partial charge is 0.225 e. The van der Waals surface area contributed by atoms with E-state index in [-0.39, 0.29) is 0 Å². The van der Waals surface area contributed by atoms with Crippen molar-refractivity contribution in [3.8, 4) is 0 Å². The van der Waals surface area contributed by atoms with Gasteiger partial charge in [-0.3, -0.25) is 0 Å². The fourth-order valence-corrected chi connectivity index (χ4v) is 1.17. The van der Waals surface area contributed by atoms with Crippen molar-refractivity contribution in [3.63, 3.8) is 0 Å². The Labute approximate surface area is 78.8 Å². The van der Waals surface area contributed by atoms with Gasteiger partial charge in [0.1, 0.15) is 0 Å². The van der Waals surface area contributed by atoms with Gasteiger partial charge in [0.05, 0.1) is 0 Å². The fraction of sp³-hybridized carbons (Fsp3) is 0.556. The SMILES string of the molecule is CC(C)N(CCN)c1ncccn1. The van der Waals surface area contributed by atoms with Crippen molar-refractivity contribution in [1.29, 1.82) is 0 Å². The Bertz CT molecular complexity index is 235. The van der Waals surface area contributed by atoms with E-state index in [1.165, 1.54) is 0 Å². The molecule has 0 saturated heterocycles. The second-order valence-electron chi connectivity index (χ2n) is 3.12. The van der Waals surface area contributed by atoms with Gasteiger partial charge >= 0.3 is 0 Å². The van der Waals surface area contributed by atoms with Gasteiger partial charge in [0.25, 0.3) is 0 Å². The minimum Gasteiger partial charge on any atom is -0.337 e. The van der Waals surface area contributed by atoms with Crippen LogP contribution in [0.2, 0.25) is 0 Å². The van der Waals surface area contributed by atoms with Crippen molar-refractivity contribution in [1.82, 2.24) is 9.97 Å². The minimum atomic E-state index is 0.381. The first-order valence-corrected chi connectivity index (χ1v) is 4.49. The molecule has 0 radical (unpaired) electrons. The molecule has 0 bridgehead atoms. The molecule has 0 spiro atoms. The molecule has 0 unspecified atom stereocenters. The Morgan fingerprint density at radius 1 is 1.38 bits per heavy atom. The Balaban J connectivity index is 2.76. The molecule has 4 nitrogen and oxygen atoms in total. The molecule has 0 aliphatic carbocycles. The summed E-state index contributed by atoms with van der Waals surface area (Å²) >= 11 is 0. The fourth-order valence-electron chi connectivity index (χ4n) is 1.17. The lowest BCUT2D eigenvalue weighted by molar-refractivity contribution is 0.663. The van der Waals surface area contributed by atoms with Crippen molar-refractivity contribution in [2.75, 3.05) is 18.0 Å². The van der Waals surface area contributed by atoms with Gasteiger partial charge in [0, 0.05) is 31.5 Å². The lowest BCUT2D eigenvalue weighted by Gasteiger charge is -2.25. The number of aromatic nitrogens is 2. The summed E-state index contributed by atoms with van der Waals surface area (Å²) in [5.41, 5.74) is 5.51. The van der Waals surface area contributed by atoms with E-state index in [9.17, 15) is 0 Å². The molecular formula is C9H16N4. The third-order valence-electron chi connectivity index (χ3n) is 1.80. The van der Waals surface area contributed by atoms with Crippen LogP contribution in [0, 0.1) is 0 Å². The molecule has 0 aromatic carbocycles. The van der Waals surface area contributed by atoms with Crippen molar-refractivity contribution in [3.05, 3.63) is 18.5 Å². The van der Waals surface area contributed by atoms with Gasteiger partial charge in [0.15, 0.2) is 0 Å². The second kappa shape index (κ2) is 4.77. The van der Waals surface area contributed by atoms with Crippen LogP contribution in [0.4, 0.5) is 5.95 Å². The van der Waals surface area contributed by atoms with Gasteiger partial charge in [-0.1, -0.05) is 0 Å². The summed E-state index contributed by atoms with van der Waals surface area (Å²) in [5.74, 6) is 0.753. The molecular weight excluding hydrogens is 164 g/mol. The van der Waals surface area contributed by atoms with Crippen LogP contribution in [0.25, 0.3) is 0 Å². The van der Waals surface area contributed by atoms with Gasteiger partial charge < -0.3 is 10.6 Å². The molecule has 4 heteroatoms. The highest BCUT2D eigenvalue weighted by molar-refractivity contribution is 5.29. The van der Waals surface area contributed by atoms with Crippen molar-refractivity contribution >= 4 is 5.95 Å². The zero-order valence-electron chi connectivity index (χ0n) is 8.14. The molecule has 1 aromatic heterocycles. The van der Waals surface area contributed by atoms with Crippen molar-refractivity contribution < 1.29 is 0 Å². The van der Waals surface area contributed by atoms with E-state index in [4.69, 9.17) is 5.73 Å². The van der Waals surface area contributed by atoms with Crippen LogP contribution in [0.15, 0.2) is 18.5 Å². The highest BCUT2D eigenvalue weighted by Gasteiger charge is 2.10. The molecule has 0 aliphatic rings. The topological polar surface area (TPSA) is 55.0 Å². The van der Waals surface area contributed by atoms with E-state index in [1.807, 2.05) is 6.07 Å². The largest absolute Gasteiger partial charge is 0.337 e.